The highest BCUT2D eigenvalue weighted by Gasteiger charge is 2.30. The van der Waals surface area contributed by atoms with E-state index in [9.17, 15) is 19.8 Å². The molecule has 2 aromatic rings. The lowest BCUT2D eigenvalue weighted by atomic mass is 9.75. The fourth-order valence-corrected chi connectivity index (χ4v) is 3.87. The molecule has 3 rings (SSSR count). The van der Waals surface area contributed by atoms with Crippen molar-refractivity contribution < 1.29 is 30.0 Å². The van der Waals surface area contributed by atoms with Crippen LogP contribution in [0.4, 0.5) is 0 Å². The van der Waals surface area contributed by atoms with Crippen LogP contribution in [-0.4, -0.2) is 44.6 Å². The lowest BCUT2D eigenvalue weighted by molar-refractivity contribution is -0.0113. The molecule has 6 nitrogen and oxygen atoms in total. The van der Waals surface area contributed by atoms with E-state index >= 15 is 0 Å². The van der Waals surface area contributed by atoms with E-state index in [1.807, 2.05) is 0 Å². The van der Waals surface area contributed by atoms with E-state index in [1.54, 1.807) is 74.5 Å². The highest BCUT2D eigenvalue weighted by atomic mass is 16.4. The van der Waals surface area contributed by atoms with Gasteiger partial charge in [-0.3, -0.25) is 0 Å². The molecule has 4 N–H and O–H groups in total. The van der Waals surface area contributed by atoms with Crippen molar-refractivity contribution in [2.45, 2.75) is 58.2 Å². The molecule has 0 aromatic heterocycles. The minimum Gasteiger partial charge on any atom is -0.478 e. The van der Waals surface area contributed by atoms with Crippen LogP contribution in [0.25, 0.3) is 0 Å². The molecule has 0 saturated heterocycles. The van der Waals surface area contributed by atoms with Gasteiger partial charge in [0.05, 0.1) is 23.3 Å². The Kier molecular flexibility index (Phi) is 12.2. The number of aliphatic hydroxyl groups excluding tert-OH is 2. The SMILES string of the molecule is CC(O)C(C(C)O)C1CCCCC1.O=C(O)c1ccccc1.O=C(O)c1ccccc1. The van der Waals surface area contributed by atoms with Gasteiger partial charge in [-0.1, -0.05) is 55.7 Å². The van der Waals surface area contributed by atoms with Crippen molar-refractivity contribution in [3.63, 3.8) is 0 Å². The Morgan fingerprint density at radius 2 is 1.06 bits per heavy atom. The van der Waals surface area contributed by atoms with E-state index in [0.29, 0.717) is 17.0 Å². The molecule has 1 aliphatic rings. The average molecular weight is 431 g/mol. The van der Waals surface area contributed by atoms with Gasteiger partial charge in [-0.15, -0.1) is 0 Å². The van der Waals surface area contributed by atoms with Gasteiger partial charge < -0.3 is 20.4 Å². The van der Waals surface area contributed by atoms with Crippen molar-refractivity contribution in [3.8, 4) is 0 Å². The molecule has 0 aliphatic heterocycles. The van der Waals surface area contributed by atoms with Gasteiger partial charge >= 0.3 is 11.9 Å². The van der Waals surface area contributed by atoms with Crippen molar-refractivity contribution in [2.24, 2.45) is 11.8 Å². The van der Waals surface area contributed by atoms with Crippen molar-refractivity contribution >= 4 is 11.9 Å². The molecule has 2 unspecified atom stereocenters. The quantitative estimate of drug-likeness (QED) is 0.546. The van der Waals surface area contributed by atoms with Gasteiger partial charge in [-0.05, 0) is 56.9 Å². The Bertz CT molecular complexity index is 695. The summed E-state index contributed by atoms with van der Waals surface area (Å²) in [5.74, 6) is -1.14. The van der Waals surface area contributed by atoms with Crippen molar-refractivity contribution in [1.82, 2.24) is 0 Å². The zero-order valence-electron chi connectivity index (χ0n) is 18.2. The predicted octanol–water partition coefficient (Wildman–Crippen LogP) is 4.71. The maximum absolute atomic E-state index is 10.2. The molecule has 0 bridgehead atoms. The monoisotopic (exact) mass is 430 g/mol. The van der Waals surface area contributed by atoms with Gasteiger partial charge in [-0.25, -0.2) is 9.59 Å². The lowest BCUT2D eigenvalue weighted by Gasteiger charge is -2.34. The van der Waals surface area contributed by atoms with Crippen LogP contribution in [0, 0.1) is 11.8 Å². The Morgan fingerprint density at radius 1 is 0.710 bits per heavy atom. The third-order valence-corrected chi connectivity index (χ3v) is 5.35. The lowest BCUT2D eigenvalue weighted by Crippen LogP contribution is -2.35. The van der Waals surface area contributed by atoms with E-state index in [1.165, 1.54) is 32.1 Å². The van der Waals surface area contributed by atoms with E-state index in [2.05, 4.69) is 0 Å². The second-order valence-corrected chi connectivity index (χ2v) is 7.80. The molecule has 170 valence electrons. The molecule has 31 heavy (non-hydrogen) atoms. The minimum absolute atomic E-state index is 0.0836. The Hall–Kier alpha value is -2.70. The summed E-state index contributed by atoms with van der Waals surface area (Å²) >= 11 is 0. The molecular formula is C25H34O6. The van der Waals surface area contributed by atoms with Crippen LogP contribution in [0.1, 0.15) is 66.7 Å². The summed E-state index contributed by atoms with van der Waals surface area (Å²) in [5, 5.41) is 35.9. The van der Waals surface area contributed by atoms with Crippen molar-refractivity contribution in [3.05, 3.63) is 71.8 Å². The number of aliphatic hydroxyl groups is 2. The largest absolute Gasteiger partial charge is 0.478 e. The molecule has 2 aromatic carbocycles. The summed E-state index contributed by atoms with van der Waals surface area (Å²) < 4.78 is 0. The third kappa shape index (κ3) is 10.2. The second kappa shape index (κ2) is 14.3. The predicted molar refractivity (Wildman–Crippen MR) is 120 cm³/mol. The van der Waals surface area contributed by atoms with Gasteiger partial charge in [-0.2, -0.15) is 0 Å². The standard InChI is InChI=1S/C11H22O2.2C7H6O2/c1-8(12)11(9(2)13)10-6-4-3-5-7-10;2*8-7(9)6-4-2-1-3-5-6/h8-13H,3-7H2,1-2H3;2*1-5H,(H,8,9). The number of rotatable bonds is 5. The molecule has 1 fully saturated rings. The average Bonchev–Trinajstić information content (AvgIpc) is 2.76. The minimum atomic E-state index is -0.879. The first-order valence-electron chi connectivity index (χ1n) is 10.7. The molecule has 2 atom stereocenters. The first kappa shape index (κ1) is 26.3. The third-order valence-electron chi connectivity index (χ3n) is 5.35. The van der Waals surface area contributed by atoms with E-state index in [-0.39, 0.29) is 18.1 Å². The summed E-state index contributed by atoms with van der Waals surface area (Å²) in [6, 6.07) is 16.6. The number of carboxylic acids is 2. The van der Waals surface area contributed by atoms with Crippen LogP contribution >= 0.6 is 0 Å². The van der Waals surface area contributed by atoms with Crippen LogP contribution in [0.2, 0.25) is 0 Å². The number of carbonyl (C=O) groups is 2. The van der Waals surface area contributed by atoms with Crippen molar-refractivity contribution in [2.75, 3.05) is 0 Å². The van der Waals surface area contributed by atoms with Crippen LogP contribution in [0.15, 0.2) is 60.7 Å². The van der Waals surface area contributed by atoms with Gasteiger partial charge in [0.2, 0.25) is 0 Å². The van der Waals surface area contributed by atoms with Gasteiger partial charge in [0.15, 0.2) is 0 Å². The Balaban J connectivity index is 0.000000239. The van der Waals surface area contributed by atoms with Crippen LogP contribution in [0.3, 0.4) is 0 Å². The summed E-state index contributed by atoms with van der Waals surface area (Å²) in [4.78, 5) is 20.4. The molecule has 6 heteroatoms. The maximum atomic E-state index is 10.2. The van der Waals surface area contributed by atoms with E-state index < -0.39 is 11.9 Å². The van der Waals surface area contributed by atoms with Gasteiger partial charge in [0.25, 0.3) is 0 Å². The second-order valence-electron chi connectivity index (χ2n) is 7.80. The normalized spacial score (nSPS) is 16.4. The number of hydrogen-bond donors (Lipinski definition) is 4. The van der Waals surface area contributed by atoms with Crippen LogP contribution < -0.4 is 0 Å². The molecule has 0 amide bonds. The highest BCUT2D eigenvalue weighted by Crippen LogP contribution is 2.33. The van der Waals surface area contributed by atoms with E-state index in [0.717, 1.165) is 0 Å². The summed E-state index contributed by atoms with van der Waals surface area (Å²) in [5.41, 5.74) is 0.662. The molecule has 0 radical (unpaired) electrons. The number of carboxylic acid groups (broad SMARTS) is 2. The summed E-state index contributed by atoms with van der Waals surface area (Å²) in [7, 11) is 0. The van der Waals surface area contributed by atoms with Crippen LogP contribution in [0.5, 0.6) is 0 Å². The molecule has 0 heterocycles. The Morgan fingerprint density at radius 3 is 1.32 bits per heavy atom. The fraction of sp³-hybridized carbons (Fsp3) is 0.440. The molecule has 0 spiro atoms. The highest BCUT2D eigenvalue weighted by molar-refractivity contribution is 5.87. The van der Waals surface area contributed by atoms with Gasteiger partial charge in [0, 0.05) is 5.92 Å². The molecule has 1 saturated carbocycles. The zero-order chi connectivity index (χ0) is 23.2. The number of hydrogen-bond acceptors (Lipinski definition) is 4. The first-order valence-corrected chi connectivity index (χ1v) is 10.7. The smallest absolute Gasteiger partial charge is 0.335 e. The molecule has 1 aliphatic carbocycles. The summed E-state index contributed by atoms with van der Waals surface area (Å²) in [6.45, 7) is 3.60. The zero-order valence-corrected chi connectivity index (χ0v) is 18.2. The van der Waals surface area contributed by atoms with Crippen LogP contribution in [-0.2, 0) is 0 Å². The Labute approximate surface area is 184 Å². The fourth-order valence-electron chi connectivity index (χ4n) is 3.87. The number of benzene rings is 2. The topological polar surface area (TPSA) is 115 Å². The first-order chi connectivity index (χ1) is 14.7. The molecular weight excluding hydrogens is 396 g/mol. The van der Waals surface area contributed by atoms with E-state index in [4.69, 9.17) is 10.2 Å². The summed E-state index contributed by atoms with van der Waals surface area (Å²) in [6.07, 6.45) is 5.47. The maximum Gasteiger partial charge on any atom is 0.335 e. The van der Waals surface area contributed by atoms with Gasteiger partial charge in [0.1, 0.15) is 0 Å². The van der Waals surface area contributed by atoms with Crippen molar-refractivity contribution in [1.29, 1.82) is 0 Å². The number of aromatic carboxylic acids is 2.